The Hall–Kier alpha value is -2.62. The SMILES string of the molecule is CC(=O)C1=C(O)/C=C(\C)c2oc3cc(C)ccc3c2CCN=C1. The summed E-state index contributed by atoms with van der Waals surface area (Å²) in [5.41, 5.74) is 4.07. The Balaban J connectivity index is 2.23. The van der Waals surface area contributed by atoms with E-state index in [1.54, 1.807) is 6.08 Å². The number of allylic oxidation sites excluding steroid dienone is 3. The third kappa shape index (κ3) is 2.84. The van der Waals surface area contributed by atoms with E-state index in [1.165, 1.54) is 13.1 Å². The molecule has 1 aliphatic rings. The molecule has 4 nitrogen and oxygen atoms in total. The highest BCUT2D eigenvalue weighted by atomic mass is 16.3. The minimum Gasteiger partial charge on any atom is -0.507 e. The van der Waals surface area contributed by atoms with Gasteiger partial charge in [-0.25, -0.2) is 0 Å². The number of nitrogens with zero attached hydrogens (tertiary/aromatic N) is 1. The van der Waals surface area contributed by atoms with Crippen LogP contribution in [0.3, 0.4) is 0 Å². The quantitative estimate of drug-likeness (QED) is 0.859. The maximum Gasteiger partial charge on any atom is 0.165 e. The molecule has 0 saturated heterocycles. The molecule has 3 rings (SSSR count). The fourth-order valence-corrected chi connectivity index (χ4v) is 2.84. The van der Waals surface area contributed by atoms with Gasteiger partial charge < -0.3 is 9.52 Å². The van der Waals surface area contributed by atoms with Crippen LogP contribution < -0.4 is 0 Å². The summed E-state index contributed by atoms with van der Waals surface area (Å²) in [7, 11) is 0. The second-order valence-electron chi connectivity index (χ2n) is 5.88. The van der Waals surface area contributed by atoms with E-state index in [0.29, 0.717) is 6.54 Å². The van der Waals surface area contributed by atoms with Gasteiger partial charge in [-0.15, -0.1) is 0 Å². The van der Waals surface area contributed by atoms with E-state index in [0.717, 1.165) is 39.9 Å². The van der Waals surface area contributed by atoms with Crippen molar-refractivity contribution in [3.63, 3.8) is 0 Å². The first-order valence-corrected chi connectivity index (χ1v) is 7.62. The lowest BCUT2D eigenvalue weighted by molar-refractivity contribution is -0.113. The van der Waals surface area contributed by atoms with Crippen molar-refractivity contribution in [2.24, 2.45) is 4.99 Å². The average Bonchev–Trinajstić information content (AvgIpc) is 2.84. The highest BCUT2D eigenvalue weighted by molar-refractivity contribution is 6.13. The highest BCUT2D eigenvalue weighted by Crippen LogP contribution is 2.32. The third-order valence-corrected chi connectivity index (χ3v) is 4.03. The number of hydrogen-bond acceptors (Lipinski definition) is 4. The summed E-state index contributed by atoms with van der Waals surface area (Å²) in [5, 5.41) is 11.3. The molecule has 0 radical (unpaired) electrons. The molecule has 0 unspecified atom stereocenters. The van der Waals surface area contributed by atoms with E-state index in [4.69, 9.17) is 4.42 Å². The summed E-state index contributed by atoms with van der Waals surface area (Å²) in [6, 6.07) is 6.13. The molecule has 0 aliphatic carbocycles. The van der Waals surface area contributed by atoms with Crippen molar-refractivity contribution in [1.29, 1.82) is 0 Å². The number of fused-ring (bicyclic) bond motifs is 3. The van der Waals surface area contributed by atoms with Crippen LogP contribution in [0.4, 0.5) is 0 Å². The first kappa shape index (κ1) is 15.3. The van der Waals surface area contributed by atoms with Crippen molar-refractivity contribution < 1.29 is 14.3 Å². The van der Waals surface area contributed by atoms with Gasteiger partial charge in [-0.3, -0.25) is 9.79 Å². The number of benzene rings is 1. The second-order valence-corrected chi connectivity index (χ2v) is 5.88. The summed E-state index contributed by atoms with van der Waals surface area (Å²) < 4.78 is 6.02. The lowest BCUT2D eigenvalue weighted by atomic mass is 10.0. The Morgan fingerprint density at radius 3 is 2.83 bits per heavy atom. The van der Waals surface area contributed by atoms with E-state index in [1.807, 2.05) is 19.9 Å². The second kappa shape index (κ2) is 5.88. The third-order valence-electron chi connectivity index (χ3n) is 4.03. The van der Waals surface area contributed by atoms with Crippen LogP contribution in [0.5, 0.6) is 0 Å². The molecular formula is C19H19NO3. The molecule has 0 bridgehead atoms. The number of hydrogen-bond donors (Lipinski definition) is 1. The van der Waals surface area contributed by atoms with Gasteiger partial charge in [0.05, 0.1) is 5.57 Å². The van der Waals surface area contributed by atoms with Gasteiger partial charge in [0.2, 0.25) is 0 Å². The molecule has 1 N–H and O–H groups in total. The normalized spacial score (nSPS) is 17.8. The molecule has 0 amide bonds. The summed E-state index contributed by atoms with van der Waals surface area (Å²) in [6.07, 6.45) is 3.75. The molecule has 0 atom stereocenters. The molecule has 1 aliphatic heterocycles. The molecule has 2 heterocycles. The molecular weight excluding hydrogens is 290 g/mol. The van der Waals surface area contributed by atoms with Crippen LogP contribution in [-0.4, -0.2) is 23.6 Å². The van der Waals surface area contributed by atoms with Crippen LogP contribution in [0, 0.1) is 6.92 Å². The van der Waals surface area contributed by atoms with Gasteiger partial charge in [-0.1, -0.05) is 12.1 Å². The Kier molecular flexibility index (Phi) is 3.90. The van der Waals surface area contributed by atoms with Crippen LogP contribution in [-0.2, 0) is 11.2 Å². The van der Waals surface area contributed by atoms with Gasteiger partial charge in [-0.2, -0.15) is 0 Å². The maximum atomic E-state index is 11.6. The Morgan fingerprint density at radius 2 is 2.09 bits per heavy atom. The lowest BCUT2D eigenvalue weighted by Crippen LogP contribution is -2.05. The largest absolute Gasteiger partial charge is 0.507 e. The van der Waals surface area contributed by atoms with Crippen LogP contribution >= 0.6 is 0 Å². The van der Waals surface area contributed by atoms with Gasteiger partial charge >= 0.3 is 0 Å². The Labute approximate surface area is 134 Å². The van der Waals surface area contributed by atoms with E-state index in [9.17, 15) is 9.90 Å². The van der Waals surface area contributed by atoms with Gasteiger partial charge in [0.25, 0.3) is 0 Å². The Morgan fingerprint density at radius 1 is 1.30 bits per heavy atom. The van der Waals surface area contributed by atoms with Crippen molar-refractivity contribution in [2.75, 3.05) is 6.54 Å². The highest BCUT2D eigenvalue weighted by Gasteiger charge is 2.17. The number of Topliss-reactive ketones (excluding diaryl/α,β-unsaturated/α-hetero) is 1. The fourth-order valence-electron chi connectivity index (χ4n) is 2.84. The summed E-state index contributed by atoms with van der Waals surface area (Å²) in [6.45, 7) is 5.85. The number of ketones is 1. The number of furan rings is 1. The lowest BCUT2D eigenvalue weighted by Gasteiger charge is -2.06. The van der Waals surface area contributed by atoms with Crippen LogP contribution in [0.1, 0.15) is 30.7 Å². The minimum atomic E-state index is -0.212. The fraction of sp³-hybridized carbons (Fsp3) is 0.263. The van der Waals surface area contributed by atoms with Crippen LogP contribution in [0.25, 0.3) is 16.5 Å². The first-order valence-electron chi connectivity index (χ1n) is 7.62. The summed E-state index contributed by atoms with van der Waals surface area (Å²) >= 11 is 0. The predicted molar refractivity (Wildman–Crippen MR) is 92.0 cm³/mol. The predicted octanol–water partition coefficient (Wildman–Crippen LogP) is 4.17. The number of rotatable bonds is 1. The monoisotopic (exact) mass is 309 g/mol. The molecule has 23 heavy (non-hydrogen) atoms. The van der Waals surface area contributed by atoms with Crippen molar-refractivity contribution in [1.82, 2.24) is 0 Å². The number of aryl methyl sites for hydroxylation is 1. The minimum absolute atomic E-state index is 0.0803. The van der Waals surface area contributed by atoms with E-state index >= 15 is 0 Å². The van der Waals surface area contributed by atoms with Crippen molar-refractivity contribution in [3.05, 3.63) is 52.5 Å². The zero-order chi connectivity index (χ0) is 16.6. The standard InChI is InChI=1S/C19H19NO3/c1-11-4-5-14-15-6-7-20-10-16(13(3)21)17(22)9-12(2)19(15)23-18(14)8-11/h4-5,8-10,22H,6-7H2,1-3H3/b12-9+,17-16?,20-10?. The first-order chi connectivity index (χ1) is 11.0. The van der Waals surface area contributed by atoms with Crippen molar-refractivity contribution in [2.45, 2.75) is 27.2 Å². The average molecular weight is 309 g/mol. The topological polar surface area (TPSA) is 62.8 Å². The molecule has 1 aromatic heterocycles. The number of carbonyl (C=O) groups is 1. The zero-order valence-corrected chi connectivity index (χ0v) is 13.5. The van der Waals surface area contributed by atoms with Gasteiger partial charge in [0.15, 0.2) is 5.78 Å². The van der Waals surface area contributed by atoms with Crippen LogP contribution in [0.15, 0.2) is 45.0 Å². The van der Waals surface area contributed by atoms with E-state index in [2.05, 4.69) is 17.1 Å². The molecule has 0 spiro atoms. The van der Waals surface area contributed by atoms with Gasteiger partial charge in [0, 0.05) is 23.7 Å². The van der Waals surface area contributed by atoms with E-state index in [-0.39, 0.29) is 17.1 Å². The van der Waals surface area contributed by atoms with Gasteiger partial charge in [-0.05, 0) is 50.5 Å². The molecule has 2 aromatic rings. The van der Waals surface area contributed by atoms with Gasteiger partial charge in [0.1, 0.15) is 17.1 Å². The summed E-state index contributed by atoms with van der Waals surface area (Å²) in [4.78, 5) is 15.9. The zero-order valence-electron chi connectivity index (χ0n) is 13.5. The molecule has 118 valence electrons. The number of aliphatic hydroxyl groups excluding tert-OH is 1. The number of aliphatic hydroxyl groups is 1. The van der Waals surface area contributed by atoms with Crippen LogP contribution in [0.2, 0.25) is 0 Å². The van der Waals surface area contributed by atoms with Crippen molar-refractivity contribution in [3.8, 4) is 0 Å². The van der Waals surface area contributed by atoms with E-state index < -0.39 is 0 Å². The number of carbonyl (C=O) groups excluding carboxylic acids is 1. The molecule has 0 saturated carbocycles. The number of aliphatic imine (C=N–C) groups is 1. The molecule has 0 fully saturated rings. The molecule has 1 aromatic carbocycles. The summed E-state index contributed by atoms with van der Waals surface area (Å²) in [5.74, 6) is 0.455. The van der Waals surface area contributed by atoms with Crippen molar-refractivity contribution >= 4 is 28.5 Å². The Bertz CT molecular complexity index is 881. The maximum absolute atomic E-state index is 11.6. The molecule has 4 heteroatoms. The smallest absolute Gasteiger partial charge is 0.165 e.